The molecule has 0 radical (unpaired) electrons. The summed E-state index contributed by atoms with van der Waals surface area (Å²) in [6.07, 6.45) is 5.99. The van der Waals surface area contributed by atoms with Gasteiger partial charge in [-0.3, -0.25) is 24.0 Å². The molecule has 15 nitrogen and oxygen atoms in total. The number of aliphatic hydroxyl groups is 1. The molecule has 53 heavy (non-hydrogen) atoms. The molecule has 0 unspecified atom stereocenters. The molecule has 4 atom stereocenters. The van der Waals surface area contributed by atoms with Crippen LogP contribution in [0, 0.1) is 12.8 Å². The van der Waals surface area contributed by atoms with Crippen molar-refractivity contribution in [2.45, 2.75) is 103 Å². The zero-order valence-electron chi connectivity index (χ0n) is 30.3. The number of amides is 5. The van der Waals surface area contributed by atoms with E-state index in [2.05, 4.69) is 36.9 Å². The van der Waals surface area contributed by atoms with Gasteiger partial charge in [-0.05, 0) is 49.4 Å². The Balaban J connectivity index is 1.37. The number of benzene rings is 2. The van der Waals surface area contributed by atoms with Gasteiger partial charge in [0.05, 0.1) is 25.4 Å². The Bertz CT molecular complexity index is 1720. The number of ether oxygens (including phenoxy) is 1. The maximum Gasteiger partial charge on any atom is 0.252 e. The van der Waals surface area contributed by atoms with E-state index in [9.17, 15) is 29.1 Å². The highest BCUT2D eigenvalue weighted by molar-refractivity contribution is 5.98. The Hall–Kier alpha value is -5.31. The van der Waals surface area contributed by atoms with Gasteiger partial charge >= 0.3 is 0 Å². The highest BCUT2D eigenvalue weighted by Crippen LogP contribution is 2.28. The zero-order chi connectivity index (χ0) is 37.7. The minimum absolute atomic E-state index is 0.0289. The van der Waals surface area contributed by atoms with Gasteiger partial charge in [-0.25, -0.2) is 4.68 Å². The van der Waals surface area contributed by atoms with Crippen molar-refractivity contribution in [3.8, 4) is 5.75 Å². The van der Waals surface area contributed by atoms with E-state index in [1.807, 2.05) is 37.3 Å². The summed E-state index contributed by atoms with van der Waals surface area (Å²) in [5.41, 5.74) is 2.42. The second kappa shape index (κ2) is 19.0. The molecule has 4 bridgehead atoms. The van der Waals surface area contributed by atoms with Gasteiger partial charge in [-0.1, -0.05) is 73.7 Å². The average molecular weight is 731 g/mol. The molecule has 6 N–H and O–H groups in total. The Morgan fingerprint density at radius 2 is 1.66 bits per heavy atom. The number of carbonyl (C=O) groups is 5. The van der Waals surface area contributed by atoms with E-state index in [-0.39, 0.29) is 38.5 Å². The first kappa shape index (κ1) is 38.9. The first-order valence-electron chi connectivity index (χ1n) is 18.4. The van der Waals surface area contributed by atoms with Gasteiger partial charge < -0.3 is 36.4 Å². The molecule has 0 spiro atoms. The molecule has 1 aliphatic heterocycles. The quantitative estimate of drug-likeness (QED) is 0.225. The van der Waals surface area contributed by atoms with Crippen LogP contribution in [0.4, 0.5) is 0 Å². The molecule has 2 aromatic carbocycles. The third-order valence-corrected chi connectivity index (χ3v) is 9.62. The van der Waals surface area contributed by atoms with E-state index >= 15 is 0 Å². The molecule has 1 saturated carbocycles. The number of aryl methyl sites for hydroxylation is 1. The van der Waals surface area contributed by atoms with Crippen molar-refractivity contribution in [3.05, 3.63) is 77.1 Å². The number of hydrogen-bond acceptors (Lipinski definition) is 9. The molecule has 1 aromatic heterocycles. The lowest BCUT2D eigenvalue weighted by atomic mass is 9.84. The fraction of sp³-hybridized carbons (Fsp3) is 0.500. The third kappa shape index (κ3) is 11.6. The van der Waals surface area contributed by atoms with Crippen molar-refractivity contribution in [1.82, 2.24) is 41.6 Å². The summed E-state index contributed by atoms with van der Waals surface area (Å²) in [4.78, 5) is 67.0. The van der Waals surface area contributed by atoms with Crippen LogP contribution in [0.25, 0.3) is 0 Å². The summed E-state index contributed by atoms with van der Waals surface area (Å²) < 4.78 is 7.60. The van der Waals surface area contributed by atoms with Crippen LogP contribution in [-0.4, -0.2) is 87.0 Å². The number of aliphatic hydroxyl groups excluding tert-OH is 1. The van der Waals surface area contributed by atoms with E-state index in [0.717, 1.165) is 43.2 Å². The number of carbonyl (C=O) groups excluding carboxylic acids is 5. The monoisotopic (exact) mass is 730 g/mol. The van der Waals surface area contributed by atoms with E-state index in [1.54, 1.807) is 29.1 Å². The van der Waals surface area contributed by atoms with E-state index < -0.39 is 53.8 Å². The van der Waals surface area contributed by atoms with Gasteiger partial charge in [0.2, 0.25) is 23.6 Å². The molecule has 3 aromatic rings. The van der Waals surface area contributed by atoms with Crippen molar-refractivity contribution in [1.29, 1.82) is 0 Å². The van der Waals surface area contributed by atoms with Gasteiger partial charge in [-0.2, -0.15) is 0 Å². The molecule has 2 heterocycles. The summed E-state index contributed by atoms with van der Waals surface area (Å²) in [6.45, 7) is 3.74. The zero-order valence-corrected chi connectivity index (χ0v) is 30.3. The normalized spacial score (nSPS) is 22.4. The van der Waals surface area contributed by atoms with Crippen LogP contribution >= 0.6 is 0 Å². The Labute approximate surface area is 309 Å². The average Bonchev–Trinajstić information content (AvgIpc) is 3.60. The topological polar surface area (TPSA) is 206 Å². The SMILES string of the molecule is Cc1ccc2cc1OCCn1cc(nn1)CNC(=O)[C@@H](Cc1ccccc1)NC(=O)[C@H]([C@@H](C)O)NC(=O)CCNC(=O)[C@H](CC1CCCCC1)NC2=O. The molecule has 15 heteroatoms. The van der Waals surface area contributed by atoms with Crippen molar-refractivity contribution >= 4 is 29.5 Å². The van der Waals surface area contributed by atoms with Crippen LogP contribution < -0.4 is 31.3 Å². The molecule has 5 rings (SSSR count). The van der Waals surface area contributed by atoms with Gasteiger partial charge in [0, 0.05) is 24.9 Å². The number of fused-ring (bicyclic) bond motifs is 4. The molecular weight excluding hydrogens is 680 g/mol. The molecule has 2 aliphatic rings. The van der Waals surface area contributed by atoms with Crippen LogP contribution in [0.5, 0.6) is 5.75 Å². The van der Waals surface area contributed by atoms with Crippen LogP contribution in [0.2, 0.25) is 0 Å². The van der Waals surface area contributed by atoms with Crippen LogP contribution in [-0.2, 0) is 38.7 Å². The fourth-order valence-electron chi connectivity index (χ4n) is 6.60. The Morgan fingerprint density at radius 1 is 0.906 bits per heavy atom. The Kier molecular flexibility index (Phi) is 13.9. The smallest absolute Gasteiger partial charge is 0.252 e. The highest BCUT2D eigenvalue weighted by atomic mass is 16.5. The van der Waals surface area contributed by atoms with E-state index in [4.69, 9.17) is 4.74 Å². The van der Waals surface area contributed by atoms with Crippen molar-refractivity contribution in [3.63, 3.8) is 0 Å². The third-order valence-electron chi connectivity index (χ3n) is 9.62. The van der Waals surface area contributed by atoms with Crippen molar-refractivity contribution < 1.29 is 33.8 Å². The standard InChI is InChI=1S/C38H50N8O7/c1-24-13-14-28-21-32(24)53-18-17-46-23-29(44-45-46)22-40-37(51)31(20-27-11-7-4-8-12-27)42-38(52)34(25(2)47)43-33(48)15-16-39-36(50)30(41-35(28)49)19-26-9-5-3-6-10-26/h4,7-8,11-14,21,23,25-26,30-31,34,47H,3,5-6,9-10,15-20,22H2,1-2H3,(H,39,50)(H,40,51)(H,41,49)(H,42,52)(H,43,48)/t25-,30+,31-,34+/m1/s1. The fourth-order valence-corrected chi connectivity index (χ4v) is 6.60. The van der Waals surface area contributed by atoms with Crippen molar-refractivity contribution in [2.24, 2.45) is 5.92 Å². The highest BCUT2D eigenvalue weighted by Gasteiger charge is 2.31. The van der Waals surface area contributed by atoms with Crippen LogP contribution in [0.1, 0.15) is 79.0 Å². The predicted molar refractivity (Wildman–Crippen MR) is 194 cm³/mol. The minimum atomic E-state index is -1.38. The molecule has 1 aliphatic carbocycles. The lowest BCUT2D eigenvalue weighted by Crippen LogP contribution is -2.57. The molecule has 0 saturated heterocycles. The Morgan fingerprint density at radius 3 is 2.42 bits per heavy atom. The first-order chi connectivity index (χ1) is 25.5. The number of rotatable bonds is 5. The van der Waals surface area contributed by atoms with Crippen LogP contribution in [0.3, 0.4) is 0 Å². The number of nitrogens with one attached hydrogen (secondary N) is 5. The maximum atomic E-state index is 13.5. The summed E-state index contributed by atoms with van der Waals surface area (Å²) in [6, 6.07) is 11.0. The maximum absolute atomic E-state index is 13.5. The summed E-state index contributed by atoms with van der Waals surface area (Å²) >= 11 is 0. The van der Waals surface area contributed by atoms with E-state index in [0.29, 0.717) is 30.0 Å². The van der Waals surface area contributed by atoms with Gasteiger partial charge in [0.15, 0.2) is 0 Å². The first-order valence-corrected chi connectivity index (χ1v) is 18.4. The molecule has 284 valence electrons. The molecular formula is C38H50N8O7. The molecule has 5 amide bonds. The largest absolute Gasteiger partial charge is 0.491 e. The van der Waals surface area contributed by atoms with Crippen LogP contribution in [0.15, 0.2) is 54.7 Å². The lowest BCUT2D eigenvalue weighted by Gasteiger charge is -2.27. The summed E-state index contributed by atoms with van der Waals surface area (Å²) in [7, 11) is 0. The predicted octanol–water partition coefficient (Wildman–Crippen LogP) is 1.46. The lowest BCUT2D eigenvalue weighted by molar-refractivity contribution is -0.134. The van der Waals surface area contributed by atoms with Gasteiger partial charge in [0.25, 0.3) is 5.91 Å². The molecule has 1 fully saturated rings. The minimum Gasteiger partial charge on any atom is -0.491 e. The van der Waals surface area contributed by atoms with Gasteiger partial charge in [-0.15, -0.1) is 5.10 Å². The number of hydrogen-bond donors (Lipinski definition) is 6. The summed E-state index contributed by atoms with van der Waals surface area (Å²) in [5, 5.41) is 32.5. The van der Waals surface area contributed by atoms with E-state index in [1.165, 1.54) is 6.92 Å². The van der Waals surface area contributed by atoms with Gasteiger partial charge in [0.1, 0.15) is 36.2 Å². The number of aromatic nitrogens is 3. The second-order valence-corrected chi connectivity index (χ2v) is 13.9. The summed E-state index contributed by atoms with van der Waals surface area (Å²) in [5.74, 6) is -1.90. The second-order valence-electron chi connectivity index (χ2n) is 13.9. The number of nitrogens with zero attached hydrogens (tertiary/aromatic N) is 3. The van der Waals surface area contributed by atoms with Crippen molar-refractivity contribution in [2.75, 3.05) is 13.2 Å².